The smallest absolute Gasteiger partial charge is 0.253 e. The van der Waals surface area contributed by atoms with Crippen LogP contribution in [0.1, 0.15) is 28.9 Å². The predicted molar refractivity (Wildman–Crippen MR) is 77.5 cm³/mol. The number of hydrogen-bond acceptors (Lipinski definition) is 3. The summed E-state index contributed by atoms with van der Waals surface area (Å²) in [5.74, 6) is -2.52. The Bertz CT molecular complexity index is 680. The van der Waals surface area contributed by atoms with E-state index in [4.69, 9.17) is 11.6 Å². The molecule has 0 aliphatic heterocycles. The predicted octanol–water partition coefficient (Wildman–Crippen LogP) is 2.87. The van der Waals surface area contributed by atoms with E-state index in [-0.39, 0.29) is 16.3 Å². The Labute approximate surface area is 130 Å². The second kappa shape index (κ2) is 6.81. The molecule has 7 heteroatoms. The van der Waals surface area contributed by atoms with Crippen molar-refractivity contribution in [2.24, 2.45) is 0 Å². The lowest BCUT2D eigenvalue weighted by atomic mass is 10.0. The van der Waals surface area contributed by atoms with Crippen LogP contribution in [0, 0.1) is 11.6 Å². The van der Waals surface area contributed by atoms with Gasteiger partial charge in [-0.25, -0.2) is 13.8 Å². The second-order valence-electron chi connectivity index (χ2n) is 4.75. The van der Waals surface area contributed by atoms with Crippen molar-refractivity contribution in [1.82, 2.24) is 10.3 Å². The molecule has 0 bridgehead atoms. The van der Waals surface area contributed by atoms with Crippen molar-refractivity contribution in [3.63, 3.8) is 0 Å². The Morgan fingerprint density at radius 3 is 2.59 bits per heavy atom. The van der Waals surface area contributed by atoms with Gasteiger partial charge in [0.2, 0.25) is 0 Å². The van der Waals surface area contributed by atoms with E-state index in [0.29, 0.717) is 0 Å². The number of rotatable bonds is 4. The summed E-state index contributed by atoms with van der Waals surface area (Å²) in [5, 5.41) is 12.9. The van der Waals surface area contributed by atoms with Crippen LogP contribution >= 0.6 is 11.6 Å². The Morgan fingerprint density at radius 1 is 1.27 bits per heavy atom. The summed E-state index contributed by atoms with van der Waals surface area (Å²) in [7, 11) is 0. The summed E-state index contributed by atoms with van der Waals surface area (Å²) in [6.45, 7) is 1.55. The van der Waals surface area contributed by atoms with Crippen LogP contribution in [-0.2, 0) is 0 Å². The Morgan fingerprint density at radius 2 is 2.00 bits per heavy atom. The summed E-state index contributed by atoms with van der Waals surface area (Å²) in [4.78, 5) is 15.8. The second-order valence-corrected chi connectivity index (χ2v) is 5.14. The zero-order chi connectivity index (χ0) is 16.3. The molecule has 0 saturated carbocycles. The standard InChI is InChI=1S/C15H13ClF2N2O2/c1-8(14(21)9-2-4-11(17)12(18)6-9)20-15(22)10-3-5-13(16)19-7-10/h2-8,14,21H,1H3,(H,20,22). The number of aromatic nitrogens is 1. The molecule has 0 saturated heterocycles. The third kappa shape index (κ3) is 3.78. The molecule has 2 aromatic rings. The lowest BCUT2D eigenvalue weighted by molar-refractivity contribution is 0.0851. The average molecular weight is 327 g/mol. The van der Waals surface area contributed by atoms with E-state index < -0.39 is 29.7 Å². The lowest BCUT2D eigenvalue weighted by Crippen LogP contribution is -2.37. The molecule has 1 aromatic carbocycles. The van der Waals surface area contributed by atoms with Crippen molar-refractivity contribution < 1.29 is 18.7 Å². The van der Waals surface area contributed by atoms with Gasteiger partial charge in [0.25, 0.3) is 5.91 Å². The van der Waals surface area contributed by atoms with Crippen molar-refractivity contribution in [2.45, 2.75) is 19.1 Å². The number of hydrogen-bond donors (Lipinski definition) is 2. The first-order valence-electron chi connectivity index (χ1n) is 6.44. The van der Waals surface area contributed by atoms with E-state index in [1.54, 1.807) is 6.92 Å². The molecule has 2 atom stereocenters. The minimum absolute atomic E-state index is 0.168. The van der Waals surface area contributed by atoms with Gasteiger partial charge in [-0.05, 0) is 36.8 Å². The zero-order valence-electron chi connectivity index (χ0n) is 11.6. The fraction of sp³-hybridized carbons (Fsp3) is 0.200. The van der Waals surface area contributed by atoms with Gasteiger partial charge in [-0.3, -0.25) is 4.79 Å². The van der Waals surface area contributed by atoms with Crippen LogP contribution in [0.2, 0.25) is 5.15 Å². The largest absolute Gasteiger partial charge is 0.386 e. The summed E-state index contributed by atoms with van der Waals surface area (Å²) in [5.41, 5.74) is 0.440. The number of carbonyl (C=O) groups excluding carboxylic acids is 1. The van der Waals surface area contributed by atoms with Crippen LogP contribution in [0.4, 0.5) is 8.78 Å². The average Bonchev–Trinajstić information content (AvgIpc) is 2.49. The van der Waals surface area contributed by atoms with Crippen molar-refractivity contribution >= 4 is 17.5 Å². The number of halogens is 3. The number of nitrogens with one attached hydrogen (secondary N) is 1. The van der Waals surface area contributed by atoms with Gasteiger partial charge >= 0.3 is 0 Å². The Hall–Kier alpha value is -2.05. The van der Waals surface area contributed by atoms with E-state index in [1.165, 1.54) is 24.4 Å². The number of nitrogens with zero attached hydrogens (tertiary/aromatic N) is 1. The Balaban J connectivity index is 2.07. The van der Waals surface area contributed by atoms with E-state index >= 15 is 0 Å². The highest BCUT2D eigenvalue weighted by atomic mass is 35.5. The van der Waals surface area contributed by atoms with E-state index in [9.17, 15) is 18.7 Å². The number of aliphatic hydroxyl groups excluding tert-OH is 1. The van der Waals surface area contributed by atoms with E-state index in [2.05, 4.69) is 10.3 Å². The summed E-state index contributed by atoms with van der Waals surface area (Å²) >= 11 is 5.63. The third-order valence-electron chi connectivity index (χ3n) is 3.11. The number of aliphatic hydroxyl groups is 1. The molecule has 0 spiro atoms. The number of pyridine rings is 1. The minimum Gasteiger partial charge on any atom is -0.386 e. The number of amides is 1. The first kappa shape index (κ1) is 16.3. The molecule has 1 aromatic heterocycles. The molecule has 2 unspecified atom stereocenters. The van der Waals surface area contributed by atoms with Gasteiger partial charge in [0.05, 0.1) is 17.7 Å². The van der Waals surface area contributed by atoms with Crippen LogP contribution in [0.5, 0.6) is 0 Å². The summed E-state index contributed by atoms with van der Waals surface area (Å²) in [6.07, 6.45) is 0.119. The lowest BCUT2D eigenvalue weighted by Gasteiger charge is -2.20. The highest BCUT2D eigenvalue weighted by Gasteiger charge is 2.20. The van der Waals surface area contributed by atoms with Gasteiger partial charge in [0.15, 0.2) is 11.6 Å². The quantitative estimate of drug-likeness (QED) is 0.849. The van der Waals surface area contributed by atoms with Crippen LogP contribution < -0.4 is 5.32 Å². The maximum atomic E-state index is 13.2. The summed E-state index contributed by atoms with van der Waals surface area (Å²) in [6, 6.07) is 5.31. The molecule has 22 heavy (non-hydrogen) atoms. The van der Waals surface area contributed by atoms with Crippen molar-refractivity contribution in [1.29, 1.82) is 0 Å². The molecule has 4 nitrogen and oxygen atoms in total. The van der Waals surface area contributed by atoms with Crippen LogP contribution in [0.15, 0.2) is 36.5 Å². The molecule has 2 N–H and O–H groups in total. The molecule has 1 heterocycles. The fourth-order valence-corrected chi connectivity index (χ4v) is 1.98. The summed E-state index contributed by atoms with van der Waals surface area (Å²) < 4.78 is 26.1. The van der Waals surface area contributed by atoms with Crippen LogP contribution in [0.3, 0.4) is 0 Å². The first-order chi connectivity index (χ1) is 10.4. The van der Waals surface area contributed by atoms with Crippen LogP contribution in [0.25, 0.3) is 0 Å². The van der Waals surface area contributed by atoms with Gasteiger partial charge in [-0.15, -0.1) is 0 Å². The van der Waals surface area contributed by atoms with E-state index in [0.717, 1.165) is 12.1 Å². The van der Waals surface area contributed by atoms with Crippen molar-refractivity contribution in [2.75, 3.05) is 0 Å². The first-order valence-corrected chi connectivity index (χ1v) is 6.81. The van der Waals surface area contributed by atoms with Crippen molar-refractivity contribution in [3.05, 3.63) is 64.4 Å². The molecule has 0 aliphatic rings. The minimum atomic E-state index is -1.18. The monoisotopic (exact) mass is 326 g/mol. The molecule has 0 aliphatic carbocycles. The SMILES string of the molecule is CC(NC(=O)c1ccc(Cl)nc1)C(O)c1ccc(F)c(F)c1. The Kier molecular flexibility index (Phi) is 5.05. The van der Waals surface area contributed by atoms with Crippen molar-refractivity contribution in [3.8, 4) is 0 Å². The van der Waals surface area contributed by atoms with Gasteiger partial charge in [-0.2, -0.15) is 0 Å². The fourth-order valence-electron chi connectivity index (χ4n) is 1.86. The van der Waals surface area contributed by atoms with Gasteiger partial charge in [0, 0.05) is 6.20 Å². The number of carbonyl (C=O) groups is 1. The molecular weight excluding hydrogens is 314 g/mol. The normalized spacial score (nSPS) is 13.5. The molecule has 2 rings (SSSR count). The van der Waals surface area contributed by atoms with Crippen LogP contribution in [-0.4, -0.2) is 22.0 Å². The molecule has 0 fully saturated rings. The topological polar surface area (TPSA) is 62.2 Å². The number of benzene rings is 1. The zero-order valence-corrected chi connectivity index (χ0v) is 12.3. The van der Waals surface area contributed by atoms with Gasteiger partial charge < -0.3 is 10.4 Å². The maximum Gasteiger partial charge on any atom is 0.253 e. The highest BCUT2D eigenvalue weighted by molar-refractivity contribution is 6.29. The molecule has 116 valence electrons. The van der Waals surface area contributed by atoms with Gasteiger partial charge in [0.1, 0.15) is 5.15 Å². The molecule has 1 amide bonds. The molecular formula is C15H13ClF2N2O2. The van der Waals surface area contributed by atoms with E-state index in [1.807, 2.05) is 0 Å². The van der Waals surface area contributed by atoms with Gasteiger partial charge in [-0.1, -0.05) is 17.7 Å². The maximum absolute atomic E-state index is 13.2. The third-order valence-corrected chi connectivity index (χ3v) is 3.33. The molecule has 0 radical (unpaired) electrons. The highest BCUT2D eigenvalue weighted by Crippen LogP contribution is 2.19.